The molecule has 0 unspecified atom stereocenters. The monoisotopic (exact) mass is 699 g/mol. The van der Waals surface area contributed by atoms with E-state index in [9.17, 15) is 0 Å². The first-order valence-corrected chi connectivity index (χ1v) is 18.9. The third-order valence-electron chi connectivity index (χ3n) is 10.8. The highest BCUT2D eigenvalue weighted by atomic mass is 15.1. The molecule has 0 amide bonds. The Balaban J connectivity index is 1.27. The molecule has 0 N–H and O–H groups in total. The van der Waals surface area contributed by atoms with Gasteiger partial charge in [0.2, 0.25) is 0 Å². The molecular formula is C54H37N. The summed E-state index contributed by atoms with van der Waals surface area (Å²) in [6, 6.07) is 81.6. The van der Waals surface area contributed by atoms with Crippen molar-refractivity contribution >= 4 is 49.4 Å². The van der Waals surface area contributed by atoms with Crippen LogP contribution in [0.1, 0.15) is 0 Å². The number of rotatable bonds is 7. The predicted octanol–water partition coefficient (Wildman–Crippen LogP) is 15.3. The zero-order valence-corrected chi connectivity index (χ0v) is 30.3. The Bertz CT molecular complexity index is 2980. The molecule has 10 aromatic rings. The van der Waals surface area contributed by atoms with E-state index in [0.29, 0.717) is 0 Å². The fraction of sp³-hybridized carbons (Fsp3) is 0. The average Bonchev–Trinajstić information content (AvgIpc) is 3.27. The van der Waals surface area contributed by atoms with Gasteiger partial charge in [-0.3, -0.25) is 0 Å². The third-order valence-corrected chi connectivity index (χ3v) is 10.8. The Morgan fingerprint density at radius 2 is 0.818 bits per heavy atom. The van der Waals surface area contributed by atoms with Crippen LogP contribution in [0.2, 0.25) is 0 Å². The maximum atomic E-state index is 2.48. The highest BCUT2D eigenvalue weighted by Gasteiger charge is 2.24. The Morgan fingerprint density at radius 1 is 0.255 bits per heavy atom. The SMILES string of the molecule is c1ccc(-c2cccc(N(c3cccc(-c4ccc5ccccc5c4)c3)c3ccccc3-c3cc4ccccc4c4ccccc34)c2-c2ccccc2)cc1. The van der Waals surface area contributed by atoms with E-state index in [2.05, 4.69) is 229 Å². The van der Waals surface area contributed by atoms with Crippen molar-refractivity contribution in [2.45, 2.75) is 0 Å². The first kappa shape index (κ1) is 32.4. The van der Waals surface area contributed by atoms with Crippen LogP contribution in [0.25, 0.3) is 76.8 Å². The normalized spacial score (nSPS) is 11.3. The zero-order chi connectivity index (χ0) is 36.6. The predicted molar refractivity (Wildman–Crippen MR) is 235 cm³/mol. The van der Waals surface area contributed by atoms with Crippen molar-refractivity contribution in [1.29, 1.82) is 0 Å². The van der Waals surface area contributed by atoms with Gasteiger partial charge in [-0.15, -0.1) is 0 Å². The van der Waals surface area contributed by atoms with E-state index >= 15 is 0 Å². The Morgan fingerprint density at radius 3 is 1.64 bits per heavy atom. The number of nitrogens with zero attached hydrogens (tertiary/aromatic N) is 1. The summed E-state index contributed by atoms with van der Waals surface area (Å²) in [6.45, 7) is 0. The molecule has 0 spiro atoms. The van der Waals surface area contributed by atoms with Gasteiger partial charge in [0.25, 0.3) is 0 Å². The summed E-state index contributed by atoms with van der Waals surface area (Å²) < 4.78 is 0. The quantitative estimate of drug-likeness (QED) is 0.150. The van der Waals surface area contributed by atoms with Crippen LogP contribution in [0.15, 0.2) is 224 Å². The molecule has 0 fully saturated rings. The van der Waals surface area contributed by atoms with Crippen molar-refractivity contribution in [3.63, 3.8) is 0 Å². The van der Waals surface area contributed by atoms with Gasteiger partial charge in [0, 0.05) is 16.8 Å². The van der Waals surface area contributed by atoms with E-state index in [-0.39, 0.29) is 0 Å². The molecule has 0 heterocycles. The number of fused-ring (bicyclic) bond motifs is 4. The van der Waals surface area contributed by atoms with Crippen LogP contribution in [0.3, 0.4) is 0 Å². The van der Waals surface area contributed by atoms with Gasteiger partial charge < -0.3 is 4.90 Å². The molecule has 1 nitrogen and oxygen atoms in total. The van der Waals surface area contributed by atoms with E-state index < -0.39 is 0 Å². The number of anilines is 3. The lowest BCUT2D eigenvalue weighted by atomic mass is 9.90. The van der Waals surface area contributed by atoms with Crippen LogP contribution in [0.4, 0.5) is 17.1 Å². The summed E-state index contributed by atoms with van der Waals surface area (Å²) in [4.78, 5) is 2.48. The molecule has 0 atom stereocenters. The van der Waals surface area contributed by atoms with Crippen molar-refractivity contribution in [1.82, 2.24) is 0 Å². The average molecular weight is 700 g/mol. The lowest BCUT2D eigenvalue weighted by Crippen LogP contribution is -2.13. The molecule has 0 aliphatic heterocycles. The topological polar surface area (TPSA) is 3.24 Å². The minimum Gasteiger partial charge on any atom is -0.309 e. The molecule has 10 rings (SSSR count). The van der Waals surface area contributed by atoms with Gasteiger partial charge in [-0.1, -0.05) is 188 Å². The Kier molecular flexibility index (Phi) is 8.24. The lowest BCUT2D eigenvalue weighted by molar-refractivity contribution is 1.28. The van der Waals surface area contributed by atoms with Crippen molar-refractivity contribution in [2.24, 2.45) is 0 Å². The fourth-order valence-corrected chi connectivity index (χ4v) is 8.27. The van der Waals surface area contributed by atoms with Gasteiger partial charge in [-0.05, 0) is 102 Å². The smallest absolute Gasteiger partial charge is 0.0546 e. The second-order valence-electron chi connectivity index (χ2n) is 14.1. The van der Waals surface area contributed by atoms with Crippen LogP contribution >= 0.6 is 0 Å². The molecule has 258 valence electrons. The molecular weight excluding hydrogens is 663 g/mol. The van der Waals surface area contributed by atoms with E-state index in [1.54, 1.807) is 0 Å². The van der Waals surface area contributed by atoms with Gasteiger partial charge in [0.05, 0.1) is 11.4 Å². The zero-order valence-electron chi connectivity index (χ0n) is 30.3. The summed E-state index contributed by atoms with van der Waals surface area (Å²) in [5.41, 5.74) is 12.8. The molecule has 55 heavy (non-hydrogen) atoms. The van der Waals surface area contributed by atoms with E-state index in [1.807, 2.05) is 0 Å². The highest BCUT2D eigenvalue weighted by molar-refractivity contribution is 6.15. The number of para-hydroxylation sites is 1. The molecule has 0 bridgehead atoms. The maximum Gasteiger partial charge on any atom is 0.0546 e. The standard InChI is InChI=1S/C54H37N/c1-3-18-39(19-4-1)47-30-16-32-53(54(47)40-20-5-2-6-21-40)55(45-25-15-24-42(36-45)43-34-33-38-17-7-8-22-41(38)35-43)52-31-14-13-29-50(52)51-37-44-23-9-10-26-46(44)48-27-11-12-28-49(48)51/h1-37H. The van der Waals surface area contributed by atoms with Crippen LogP contribution in [-0.4, -0.2) is 0 Å². The van der Waals surface area contributed by atoms with Crippen LogP contribution in [0.5, 0.6) is 0 Å². The van der Waals surface area contributed by atoms with E-state index in [0.717, 1.165) is 17.1 Å². The second kappa shape index (κ2) is 14.0. The van der Waals surface area contributed by atoms with Gasteiger partial charge in [-0.25, -0.2) is 0 Å². The molecule has 0 aliphatic carbocycles. The van der Waals surface area contributed by atoms with E-state index in [4.69, 9.17) is 0 Å². The number of hydrogen-bond acceptors (Lipinski definition) is 1. The van der Waals surface area contributed by atoms with Crippen LogP contribution in [-0.2, 0) is 0 Å². The van der Waals surface area contributed by atoms with Gasteiger partial charge in [0.1, 0.15) is 0 Å². The second-order valence-corrected chi connectivity index (χ2v) is 14.1. The molecule has 0 aliphatic rings. The summed E-state index contributed by atoms with van der Waals surface area (Å²) in [7, 11) is 0. The Labute approximate surface area is 322 Å². The first-order valence-electron chi connectivity index (χ1n) is 18.9. The van der Waals surface area contributed by atoms with Crippen molar-refractivity contribution in [3.05, 3.63) is 224 Å². The van der Waals surface area contributed by atoms with Gasteiger partial charge in [-0.2, -0.15) is 0 Å². The minimum atomic E-state index is 1.09. The van der Waals surface area contributed by atoms with Crippen molar-refractivity contribution in [3.8, 4) is 44.5 Å². The maximum absolute atomic E-state index is 2.48. The lowest BCUT2D eigenvalue weighted by Gasteiger charge is -2.31. The number of benzene rings is 10. The summed E-state index contributed by atoms with van der Waals surface area (Å²) in [5.74, 6) is 0. The molecule has 1 heteroatoms. The fourth-order valence-electron chi connectivity index (χ4n) is 8.27. The van der Waals surface area contributed by atoms with Crippen molar-refractivity contribution < 1.29 is 0 Å². The molecule has 0 radical (unpaired) electrons. The van der Waals surface area contributed by atoms with Gasteiger partial charge in [0.15, 0.2) is 0 Å². The third kappa shape index (κ3) is 5.93. The summed E-state index contributed by atoms with van der Waals surface area (Å²) >= 11 is 0. The minimum absolute atomic E-state index is 1.09. The number of hydrogen-bond donors (Lipinski definition) is 0. The summed E-state index contributed by atoms with van der Waals surface area (Å²) in [5, 5.41) is 7.46. The largest absolute Gasteiger partial charge is 0.309 e. The van der Waals surface area contributed by atoms with E-state index in [1.165, 1.54) is 76.8 Å². The van der Waals surface area contributed by atoms with Gasteiger partial charge >= 0.3 is 0 Å². The molecule has 0 saturated heterocycles. The Hall–Kier alpha value is -7.22. The van der Waals surface area contributed by atoms with Crippen molar-refractivity contribution in [2.75, 3.05) is 4.90 Å². The summed E-state index contributed by atoms with van der Waals surface area (Å²) in [6.07, 6.45) is 0. The highest BCUT2D eigenvalue weighted by Crippen LogP contribution is 2.49. The molecule has 0 saturated carbocycles. The van der Waals surface area contributed by atoms with Crippen LogP contribution < -0.4 is 4.90 Å². The first-order chi connectivity index (χ1) is 27.3. The molecule has 10 aromatic carbocycles. The van der Waals surface area contributed by atoms with Crippen LogP contribution in [0, 0.1) is 0 Å². The molecule has 0 aromatic heterocycles.